The van der Waals surface area contributed by atoms with Crippen molar-refractivity contribution in [3.63, 3.8) is 0 Å². The first-order valence-electron chi connectivity index (χ1n) is 7.17. The molecule has 1 unspecified atom stereocenters. The molecule has 0 amide bonds. The second-order valence-corrected chi connectivity index (χ2v) is 6.34. The largest absolute Gasteiger partial charge is 0.469 e. The van der Waals surface area contributed by atoms with E-state index in [0.29, 0.717) is 12.1 Å². The Morgan fingerprint density at radius 2 is 2.00 bits per heavy atom. The quantitative estimate of drug-likeness (QED) is 0.785. The van der Waals surface area contributed by atoms with Gasteiger partial charge in [-0.25, -0.2) is 0 Å². The van der Waals surface area contributed by atoms with Crippen LogP contribution in [0.3, 0.4) is 0 Å². The van der Waals surface area contributed by atoms with Crippen molar-refractivity contribution in [2.24, 2.45) is 5.92 Å². The van der Waals surface area contributed by atoms with Crippen molar-refractivity contribution in [1.29, 1.82) is 0 Å². The fraction of sp³-hybridized carbons (Fsp3) is 0.562. The molecule has 1 aromatic rings. The smallest absolute Gasteiger partial charge is 0.310 e. The van der Waals surface area contributed by atoms with Gasteiger partial charge >= 0.3 is 5.97 Å². The Hall–Kier alpha value is -1.06. The maximum Gasteiger partial charge on any atom is 0.310 e. The van der Waals surface area contributed by atoms with Crippen molar-refractivity contribution in [2.45, 2.75) is 37.3 Å². The van der Waals surface area contributed by atoms with Gasteiger partial charge in [-0.3, -0.25) is 9.69 Å². The Labute approximate surface area is 124 Å². The first-order chi connectivity index (χ1) is 9.61. The summed E-state index contributed by atoms with van der Waals surface area (Å²) in [6.07, 6.45) is 3.29. The first-order valence-corrected chi connectivity index (χ1v) is 7.55. The molecule has 3 rings (SSSR count). The molecule has 0 spiro atoms. The predicted octanol–water partition coefficient (Wildman–Crippen LogP) is 3.08. The van der Waals surface area contributed by atoms with Gasteiger partial charge in [-0.15, -0.1) is 0 Å². The molecule has 1 aromatic carbocycles. The van der Waals surface area contributed by atoms with Crippen LogP contribution in [0.4, 0.5) is 0 Å². The van der Waals surface area contributed by atoms with Crippen molar-refractivity contribution >= 4 is 17.6 Å². The van der Waals surface area contributed by atoms with E-state index in [0.717, 1.165) is 17.9 Å². The van der Waals surface area contributed by atoms with Crippen LogP contribution >= 0.6 is 11.6 Å². The SMILES string of the molecule is COC(=O)[C@@H]1[C@H](c2ccc(Cl)cc2)CC2CC[C@@H]1N2C. The minimum Gasteiger partial charge on any atom is -0.469 e. The maximum atomic E-state index is 12.3. The molecule has 0 aromatic heterocycles. The summed E-state index contributed by atoms with van der Waals surface area (Å²) in [5.74, 6) is 0.0977. The van der Waals surface area contributed by atoms with E-state index in [1.165, 1.54) is 19.1 Å². The van der Waals surface area contributed by atoms with Crippen LogP contribution in [-0.2, 0) is 9.53 Å². The summed E-state index contributed by atoms with van der Waals surface area (Å²) >= 11 is 5.97. The van der Waals surface area contributed by atoms with E-state index in [-0.39, 0.29) is 17.8 Å². The van der Waals surface area contributed by atoms with E-state index in [9.17, 15) is 4.79 Å². The van der Waals surface area contributed by atoms with Crippen molar-refractivity contribution < 1.29 is 9.53 Å². The lowest BCUT2D eigenvalue weighted by atomic mass is 9.76. The number of fused-ring (bicyclic) bond motifs is 2. The van der Waals surface area contributed by atoms with Gasteiger partial charge in [0.25, 0.3) is 0 Å². The zero-order chi connectivity index (χ0) is 14.3. The minimum atomic E-state index is -0.0813. The molecular weight excluding hydrogens is 274 g/mol. The van der Waals surface area contributed by atoms with Gasteiger partial charge in [-0.1, -0.05) is 23.7 Å². The van der Waals surface area contributed by atoms with Crippen LogP contribution < -0.4 is 0 Å². The lowest BCUT2D eigenvalue weighted by Gasteiger charge is -2.41. The number of halogens is 1. The summed E-state index contributed by atoms with van der Waals surface area (Å²) < 4.78 is 5.07. The van der Waals surface area contributed by atoms with Crippen LogP contribution in [0.2, 0.25) is 5.02 Å². The number of carbonyl (C=O) groups is 1. The second kappa shape index (κ2) is 5.38. The molecule has 2 fully saturated rings. The molecular formula is C16H20ClNO2. The second-order valence-electron chi connectivity index (χ2n) is 5.91. The van der Waals surface area contributed by atoms with E-state index in [1.54, 1.807) is 0 Å². The number of benzene rings is 1. The maximum absolute atomic E-state index is 12.3. The van der Waals surface area contributed by atoms with E-state index >= 15 is 0 Å². The molecule has 0 aliphatic carbocycles. The number of esters is 1. The lowest BCUT2D eigenvalue weighted by Crippen LogP contribution is -2.49. The molecule has 2 aliphatic heterocycles. The standard InChI is InChI=1S/C16H20ClNO2/c1-18-12-7-8-14(18)15(16(19)20-2)13(9-12)10-3-5-11(17)6-4-10/h3-6,12-15H,7-9H2,1-2H3/t12?,13-,14-,15+/m0/s1. The Morgan fingerprint density at radius 1 is 1.30 bits per heavy atom. The number of methoxy groups -OCH3 is 1. The number of piperidine rings is 1. The molecule has 0 radical (unpaired) electrons. The number of hydrogen-bond donors (Lipinski definition) is 0. The molecule has 2 bridgehead atoms. The minimum absolute atomic E-state index is 0.0649. The van der Waals surface area contributed by atoms with E-state index in [2.05, 4.69) is 11.9 Å². The van der Waals surface area contributed by atoms with Gasteiger partial charge in [0.05, 0.1) is 13.0 Å². The molecule has 3 nitrogen and oxygen atoms in total. The number of hydrogen-bond acceptors (Lipinski definition) is 3. The molecule has 2 aliphatic rings. The molecule has 0 saturated carbocycles. The number of nitrogens with zero attached hydrogens (tertiary/aromatic N) is 1. The highest BCUT2D eigenvalue weighted by Gasteiger charge is 2.49. The zero-order valence-electron chi connectivity index (χ0n) is 11.9. The van der Waals surface area contributed by atoms with Crippen molar-refractivity contribution in [3.05, 3.63) is 34.9 Å². The van der Waals surface area contributed by atoms with Crippen LogP contribution in [0.15, 0.2) is 24.3 Å². The van der Waals surface area contributed by atoms with Crippen molar-refractivity contribution in [2.75, 3.05) is 14.2 Å². The Bertz CT molecular complexity index is 502. The molecule has 2 heterocycles. The average Bonchev–Trinajstić information content (AvgIpc) is 2.70. The Balaban J connectivity index is 1.95. The highest BCUT2D eigenvalue weighted by atomic mass is 35.5. The van der Waals surface area contributed by atoms with Gasteiger partial charge in [0.1, 0.15) is 0 Å². The average molecular weight is 294 g/mol. The van der Waals surface area contributed by atoms with Gasteiger partial charge in [0, 0.05) is 23.0 Å². The van der Waals surface area contributed by atoms with Gasteiger partial charge in [0.2, 0.25) is 0 Å². The summed E-state index contributed by atoms with van der Waals surface area (Å²) in [4.78, 5) is 14.6. The normalized spacial score (nSPS) is 33.1. The Kier molecular flexibility index (Phi) is 3.74. The van der Waals surface area contributed by atoms with Gasteiger partial charge in [-0.05, 0) is 44.0 Å². The van der Waals surface area contributed by atoms with Crippen LogP contribution in [-0.4, -0.2) is 37.1 Å². The highest BCUT2D eigenvalue weighted by molar-refractivity contribution is 6.30. The molecule has 4 heteroatoms. The van der Waals surface area contributed by atoms with Crippen LogP contribution in [0.25, 0.3) is 0 Å². The number of carbonyl (C=O) groups excluding carboxylic acids is 1. The van der Waals surface area contributed by atoms with Crippen LogP contribution in [0.1, 0.15) is 30.7 Å². The van der Waals surface area contributed by atoms with Gasteiger partial charge < -0.3 is 4.74 Å². The third kappa shape index (κ3) is 2.23. The fourth-order valence-electron chi connectivity index (χ4n) is 3.98. The number of ether oxygens (including phenoxy) is 1. The predicted molar refractivity (Wildman–Crippen MR) is 78.9 cm³/mol. The zero-order valence-corrected chi connectivity index (χ0v) is 12.6. The first kappa shape index (κ1) is 13.9. The van der Waals surface area contributed by atoms with E-state index in [4.69, 9.17) is 16.3 Å². The van der Waals surface area contributed by atoms with Crippen molar-refractivity contribution in [1.82, 2.24) is 4.90 Å². The van der Waals surface area contributed by atoms with E-state index < -0.39 is 0 Å². The molecule has 2 saturated heterocycles. The molecule has 108 valence electrons. The molecule has 20 heavy (non-hydrogen) atoms. The molecule has 4 atom stereocenters. The monoisotopic (exact) mass is 293 g/mol. The van der Waals surface area contributed by atoms with E-state index in [1.807, 2.05) is 24.3 Å². The summed E-state index contributed by atoms with van der Waals surface area (Å²) in [6.45, 7) is 0. The summed E-state index contributed by atoms with van der Waals surface area (Å²) in [5.41, 5.74) is 1.20. The molecule has 0 N–H and O–H groups in total. The third-order valence-electron chi connectivity index (χ3n) is 5.04. The summed E-state index contributed by atoms with van der Waals surface area (Å²) in [6, 6.07) is 8.81. The summed E-state index contributed by atoms with van der Waals surface area (Å²) in [7, 11) is 3.62. The van der Waals surface area contributed by atoms with Gasteiger partial charge in [0.15, 0.2) is 0 Å². The Morgan fingerprint density at radius 3 is 2.65 bits per heavy atom. The van der Waals surface area contributed by atoms with Crippen LogP contribution in [0.5, 0.6) is 0 Å². The highest BCUT2D eigenvalue weighted by Crippen LogP contribution is 2.46. The number of rotatable bonds is 2. The van der Waals surface area contributed by atoms with Gasteiger partial charge in [-0.2, -0.15) is 0 Å². The lowest BCUT2D eigenvalue weighted by molar-refractivity contribution is -0.150. The fourth-order valence-corrected chi connectivity index (χ4v) is 4.10. The van der Waals surface area contributed by atoms with Crippen LogP contribution in [0, 0.1) is 5.92 Å². The van der Waals surface area contributed by atoms with Crippen molar-refractivity contribution in [3.8, 4) is 0 Å². The third-order valence-corrected chi connectivity index (χ3v) is 5.29. The topological polar surface area (TPSA) is 29.5 Å². The summed E-state index contributed by atoms with van der Waals surface area (Å²) in [5, 5.41) is 0.735.